The van der Waals surface area contributed by atoms with Gasteiger partial charge in [0, 0.05) is 18.7 Å². The van der Waals surface area contributed by atoms with Crippen LogP contribution in [0.3, 0.4) is 0 Å². The zero-order valence-corrected chi connectivity index (χ0v) is 11.1. The molecule has 1 aromatic carbocycles. The highest BCUT2D eigenvalue weighted by Gasteiger charge is 2.36. The monoisotopic (exact) mass is 270 g/mol. The molecular formula is C11H14N2O2S2. The smallest absolute Gasteiger partial charge is 0.243 e. The third-order valence-corrected chi connectivity index (χ3v) is 5.06. The highest BCUT2D eigenvalue weighted by molar-refractivity contribution is 7.89. The first-order valence-electron chi connectivity index (χ1n) is 5.31. The molecule has 0 aromatic heterocycles. The second-order valence-electron chi connectivity index (χ2n) is 4.11. The predicted octanol–water partition coefficient (Wildman–Crippen LogP) is 1.10. The molecule has 0 atom stereocenters. The molecule has 0 saturated heterocycles. The van der Waals surface area contributed by atoms with Gasteiger partial charge in [0.15, 0.2) is 0 Å². The van der Waals surface area contributed by atoms with Crippen molar-refractivity contribution in [3.63, 3.8) is 0 Å². The van der Waals surface area contributed by atoms with E-state index in [0.29, 0.717) is 5.56 Å². The molecule has 1 saturated carbocycles. The highest BCUT2D eigenvalue weighted by atomic mass is 32.2. The SMILES string of the molecule is CN(C1CC1)S(=O)(=O)c1ccccc1C(N)=S. The minimum atomic E-state index is -3.49. The van der Waals surface area contributed by atoms with E-state index in [2.05, 4.69) is 0 Å². The average Bonchev–Trinajstić information content (AvgIpc) is 3.11. The van der Waals surface area contributed by atoms with Crippen LogP contribution in [0.5, 0.6) is 0 Å². The van der Waals surface area contributed by atoms with Crippen LogP contribution >= 0.6 is 12.2 Å². The standard InChI is InChI=1S/C11H14N2O2S2/c1-13(8-6-7-8)17(14,15)10-5-3-2-4-9(10)11(12)16/h2-5,8H,6-7H2,1H3,(H2,12,16). The summed E-state index contributed by atoms with van der Waals surface area (Å²) in [6.45, 7) is 0. The summed E-state index contributed by atoms with van der Waals surface area (Å²) < 4.78 is 26.1. The number of rotatable bonds is 4. The Morgan fingerprint density at radius 2 is 2.00 bits per heavy atom. The Hall–Kier alpha value is -0.980. The summed E-state index contributed by atoms with van der Waals surface area (Å²) in [5.74, 6) is 0. The minimum absolute atomic E-state index is 0.105. The van der Waals surface area contributed by atoms with Crippen LogP contribution in [0, 0.1) is 0 Å². The van der Waals surface area contributed by atoms with Crippen LogP contribution < -0.4 is 5.73 Å². The molecular weight excluding hydrogens is 256 g/mol. The van der Waals surface area contributed by atoms with Crippen molar-refractivity contribution in [3.05, 3.63) is 29.8 Å². The number of nitrogens with two attached hydrogens (primary N) is 1. The van der Waals surface area contributed by atoms with Gasteiger partial charge < -0.3 is 5.73 Å². The normalized spacial score (nSPS) is 16.1. The molecule has 0 unspecified atom stereocenters. The van der Waals surface area contributed by atoms with Crippen molar-refractivity contribution in [1.29, 1.82) is 0 Å². The average molecular weight is 270 g/mol. The first kappa shape index (κ1) is 12.5. The molecule has 17 heavy (non-hydrogen) atoms. The van der Waals surface area contributed by atoms with Crippen molar-refractivity contribution in [3.8, 4) is 0 Å². The van der Waals surface area contributed by atoms with E-state index in [4.69, 9.17) is 18.0 Å². The Kier molecular flexibility index (Phi) is 3.20. The number of thiocarbonyl (C=S) groups is 1. The van der Waals surface area contributed by atoms with E-state index in [0.717, 1.165) is 12.8 Å². The lowest BCUT2D eigenvalue weighted by Gasteiger charge is -2.18. The summed E-state index contributed by atoms with van der Waals surface area (Å²) in [7, 11) is -1.89. The van der Waals surface area contributed by atoms with Crippen molar-refractivity contribution >= 4 is 27.2 Å². The lowest BCUT2D eigenvalue weighted by Crippen LogP contribution is -2.30. The van der Waals surface area contributed by atoms with Gasteiger partial charge in [0.25, 0.3) is 0 Å². The van der Waals surface area contributed by atoms with Crippen molar-refractivity contribution in [1.82, 2.24) is 4.31 Å². The van der Waals surface area contributed by atoms with Gasteiger partial charge >= 0.3 is 0 Å². The Morgan fingerprint density at radius 1 is 1.41 bits per heavy atom. The molecule has 0 radical (unpaired) electrons. The molecule has 6 heteroatoms. The van der Waals surface area contributed by atoms with Gasteiger partial charge in [-0.1, -0.05) is 30.4 Å². The molecule has 1 aromatic rings. The van der Waals surface area contributed by atoms with E-state index in [1.54, 1.807) is 31.3 Å². The van der Waals surface area contributed by atoms with E-state index >= 15 is 0 Å². The van der Waals surface area contributed by atoms with E-state index in [-0.39, 0.29) is 15.9 Å². The number of nitrogens with zero attached hydrogens (tertiary/aromatic N) is 1. The third kappa shape index (κ3) is 2.34. The molecule has 1 aliphatic rings. The van der Waals surface area contributed by atoms with Gasteiger partial charge in [-0.25, -0.2) is 8.42 Å². The van der Waals surface area contributed by atoms with Crippen LogP contribution in [0.15, 0.2) is 29.2 Å². The molecule has 1 aliphatic carbocycles. The zero-order chi connectivity index (χ0) is 12.6. The number of sulfonamides is 1. The maximum absolute atomic E-state index is 12.3. The van der Waals surface area contributed by atoms with Crippen LogP contribution in [0.1, 0.15) is 18.4 Å². The summed E-state index contributed by atoms with van der Waals surface area (Å²) in [4.78, 5) is 0.301. The Labute approximate surface area is 106 Å². The highest BCUT2D eigenvalue weighted by Crippen LogP contribution is 2.31. The molecule has 4 nitrogen and oxygen atoms in total. The van der Waals surface area contributed by atoms with Crippen LogP contribution in [-0.4, -0.2) is 30.8 Å². The van der Waals surface area contributed by atoms with E-state index in [1.165, 1.54) is 4.31 Å². The molecule has 2 N–H and O–H groups in total. The lowest BCUT2D eigenvalue weighted by atomic mass is 10.2. The summed E-state index contributed by atoms with van der Waals surface area (Å²) in [6, 6.07) is 6.71. The summed E-state index contributed by atoms with van der Waals surface area (Å²) >= 11 is 4.88. The third-order valence-electron chi connectivity index (χ3n) is 2.87. The van der Waals surface area contributed by atoms with Crippen molar-refractivity contribution in [2.24, 2.45) is 5.73 Å². The summed E-state index contributed by atoms with van der Waals surface area (Å²) in [5, 5.41) is 0. The van der Waals surface area contributed by atoms with Crippen LogP contribution in [0.2, 0.25) is 0 Å². The quantitative estimate of drug-likeness (QED) is 0.832. The van der Waals surface area contributed by atoms with Crippen LogP contribution in [-0.2, 0) is 10.0 Å². The van der Waals surface area contributed by atoms with Gasteiger partial charge in [0.05, 0.1) is 4.90 Å². The van der Waals surface area contributed by atoms with Crippen molar-refractivity contribution < 1.29 is 8.42 Å². The molecule has 0 spiro atoms. The maximum Gasteiger partial charge on any atom is 0.243 e. The van der Waals surface area contributed by atoms with Gasteiger partial charge in [0.2, 0.25) is 10.0 Å². The van der Waals surface area contributed by atoms with Gasteiger partial charge in [-0.2, -0.15) is 4.31 Å². The second-order valence-corrected chi connectivity index (χ2v) is 6.52. The topological polar surface area (TPSA) is 63.4 Å². The van der Waals surface area contributed by atoms with Gasteiger partial charge in [0.1, 0.15) is 4.99 Å². The van der Waals surface area contributed by atoms with Gasteiger partial charge in [-0.15, -0.1) is 0 Å². The van der Waals surface area contributed by atoms with Crippen LogP contribution in [0.4, 0.5) is 0 Å². The Balaban J connectivity index is 2.49. The molecule has 0 heterocycles. The summed E-state index contributed by atoms with van der Waals surface area (Å²) in [5.41, 5.74) is 5.96. The number of hydrogen-bond donors (Lipinski definition) is 1. The van der Waals surface area contributed by atoms with Crippen molar-refractivity contribution in [2.75, 3.05) is 7.05 Å². The van der Waals surface area contributed by atoms with Crippen molar-refractivity contribution in [2.45, 2.75) is 23.8 Å². The zero-order valence-electron chi connectivity index (χ0n) is 9.46. The predicted molar refractivity (Wildman–Crippen MR) is 70.3 cm³/mol. The summed E-state index contributed by atoms with van der Waals surface area (Å²) in [6.07, 6.45) is 1.84. The van der Waals surface area contributed by atoms with E-state index in [1.807, 2.05) is 0 Å². The second kappa shape index (κ2) is 4.36. The van der Waals surface area contributed by atoms with E-state index < -0.39 is 10.0 Å². The minimum Gasteiger partial charge on any atom is -0.389 e. The fourth-order valence-corrected chi connectivity index (χ4v) is 3.55. The fraction of sp³-hybridized carbons (Fsp3) is 0.364. The van der Waals surface area contributed by atoms with Crippen LogP contribution in [0.25, 0.3) is 0 Å². The first-order chi connectivity index (χ1) is 7.94. The number of benzene rings is 1. The molecule has 2 rings (SSSR count). The lowest BCUT2D eigenvalue weighted by molar-refractivity contribution is 0.464. The van der Waals surface area contributed by atoms with Gasteiger partial charge in [-0.05, 0) is 18.9 Å². The Morgan fingerprint density at radius 3 is 2.53 bits per heavy atom. The van der Waals surface area contributed by atoms with Gasteiger partial charge in [-0.3, -0.25) is 0 Å². The Bertz CT molecular complexity index is 550. The number of hydrogen-bond acceptors (Lipinski definition) is 3. The molecule has 92 valence electrons. The molecule has 1 fully saturated rings. The first-order valence-corrected chi connectivity index (χ1v) is 7.16. The molecule has 0 aliphatic heterocycles. The maximum atomic E-state index is 12.3. The van der Waals surface area contributed by atoms with E-state index in [9.17, 15) is 8.42 Å². The largest absolute Gasteiger partial charge is 0.389 e. The molecule has 0 amide bonds. The molecule has 0 bridgehead atoms. The fourth-order valence-electron chi connectivity index (χ4n) is 1.68.